The van der Waals surface area contributed by atoms with Crippen LogP contribution in [0.2, 0.25) is 0 Å². The van der Waals surface area contributed by atoms with Crippen molar-refractivity contribution in [3.63, 3.8) is 0 Å². The summed E-state index contributed by atoms with van der Waals surface area (Å²) in [7, 11) is 1.74. The van der Waals surface area contributed by atoms with Crippen LogP contribution in [-0.2, 0) is 11.8 Å². The third-order valence-electron chi connectivity index (χ3n) is 3.54. The molecule has 1 atom stereocenters. The molecular formula is C15H25N3O3. The number of carboxylic acid groups (broad SMARTS) is 1. The number of hydrogen-bond donors (Lipinski definition) is 2. The van der Waals surface area contributed by atoms with Gasteiger partial charge in [-0.2, -0.15) is 5.10 Å². The Balaban J connectivity index is 2.40. The van der Waals surface area contributed by atoms with Crippen LogP contribution in [0.1, 0.15) is 55.2 Å². The van der Waals surface area contributed by atoms with E-state index in [1.54, 1.807) is 17.8 Å². The molecule has 6 heteroatoms. The highest BCUT2D eigenvalue weighted by Crippen LogP contribution is 2.17. The first-order chi connectivity index (χ1) is 9.93. The van der Waals surface area contributed by atoms with E-state index in [0.717, 1.165) is 25.0 Å². The summed E-state index contributed by atoms with van der Waals surface area (Å²) in [6.07, 6.45) is 3.69. The van der Waals surface area contributed by atoms with Crippen LogP contribution in [0.5, 0.6) is 0 Å². The molecule has 0 saturated heterocycles. The first-order valence-corrected chi connectivity index (χ1v) is 7.44. The average molecular weight is 295 g/mol. The van der Waals surface area contributed by atoms with E-state index in [0.29, 0.717) is 24.6 Å². The molecule has 6 nitrogen and oxygen atoms in total. The number of hydrogen-bond acceptors (Lipinski definition) is 3. The van der Waals surface area contributed by atoms with Crippen molar-refractivity contribution < 1.29 is 14.7 Å². The summed E-state index contributed by atoms with van der Waals surface area (Å²) in [5.74, 6) is -0.545. The highest BCUT2D eigenvalue weighted by Gasteiger charge is 2.13. The van der Waals surface area contributed by atoms with E-state index >= 15 is 0 Å². The molecular weight excluding hydrogens is 270 g/mol. The Morgan fingerprint density at radius 1 is 1.38 bits per heavy atom. The zero-order chi connectivity index (χ0) is 15.8. The van der Waals surface area contributed by atoms with Crippen LogP contribution in [0.4, 0.5) is 0 Å². The normalized spacial score (nSPS) is 12.1. The lowest BCUT2D eigenvalue weighted by Crippen LogP contribution is -2.28. The van der Waals surface area contributed by atoms with Crippen LogP contribution >= 0.6 is 0 Å². The Hall–Kier alpha value is -1.85. The standard InChI is InChI=1S/C15H25N3O3/c1-4-5-12(6-7-14(19)20)8-9-16-15(21)13-10-11(2)17-18(13)3/h10,12H,4-9H2,1-3H3,(H,16,21)(H,19,20). The lowest BCUT2D eigenvalue weighted by atomic mass is 9.94. The molecule has 0 aliphatic rings. The molecule has 0 aromatic carbocycles. The summed E-state index contributed by atoms with van der Waals surface area (Å²) in [6, 6.07) is 1.75. The molecule has 0 saturated carbocycles. The number of nitrogens with one attached hydrogen (secondary N) is 1. The number of aliphatic carboxylic acids is 1. The summed E-state index contributed by atoms with van der Waals surface area (Å²) in [6.45, 7) is 4.50. The van der Waals surface area contributed by atoms with Gasteiger partial charge in [0.1, 0.15) is 5.69 Å². The van der Waals surface area contributed by atoms with Crippen molar-refractivity contribution in [3.05, 3.63) is 17.5 Å². The van der Waals surface area contributed by atoms with E-state index in [1.807, 2.05) is 6.92 Å². The summed E-state index contributed by atoms with van der Waals surface area (Å²) in [4.78, 5) is 22.7. The molecule has 2 N–H and O–H groups in total. The molecule has 1 rings (SSSR count). The molecule has 1 aromatic heterocycles. The second-order valence-electron chi connectivity index (χ2n) is 5.43. The van der Waals surface area contributed by atoms with E-state index in [4.69, 9.17) is 5.11 Å². The number of rotatable bonds is 9. The first kappa shape index (κ1) is 17.2. The van der Waals surface area contributed by atoms with Gasteiger partial charge in [0.2, 0.25) is 0 Å². The maximum Gasteiger partial charge on any atom is 0.303 e. The number of carbonyl (C=O) groups is 2. The first-order valence-electron chi connectivity index (χ1n) is 7.44. The fourth-order valence-corrected chi connectivity index (χ4v) is 2.47. The summed E-state index contributed by atoms with van der Waals surface area (Å²) >= 11 is 0. The van der Waals surface area contributed by atoms with E-state index < -0.39 is 5.97 Å². The third-order valence-corrected chi connectivity index (χ3v) is 3.54. The molecule has 118 valence electrons. The van der Waals surface area contributed by atoms with Crippen LogP contribution in [0.3, 0.4) is 0 Å². The topological polar surface area (TPSA) is 84.2 Å². The van der Waals surface area contributed by atoms with Gasteiger partial charge in [-0.3, -0.25) is 14.3 Å². The number of aryl methyl sites for hydroxylation is 2. The van der Waals surface area contributed by atoms with Crippen molar-refractivity contribution >= 4 is 11.9 Å². The maximum absolute atomic E-state index is 12.0. The minimum Gasteiger partial charge on any atom is -0.481 e. The van der Waals surface area contributed by atoms with Gasteiger partial charge in [-0.05, 0) is 31.7 Å². The van der Waals surface area contributed by atoms with Crippen LogP contribution in [0.15, 0.2) is 6.07 Å². The number of carbonyl (C=O) groups excluding carboxylic acids is 1. The second-order valence-corrected chi connectivity index (χ2v) is 5.43. The molecule has 1 heterocycles. The zero-order valence-corrected chi connectivity index (χ0v) is 13.1. The smallest absolute Gasteiger partial charge is 0.303 e. The molecule has 21 heavy (non-hydrogen) atoms. The Morgan fingerprint density at radius 3 is 2.62 bits per heavy atom. The highest BCUT2D eigenvalue weighted by molar-refractivity contribution is 5.92. The maximum atomic E-state index is 12.0. The van der Waals surface area contributed by atoms with Gasteiger partial charge in [-0.15, -0.1) is 0 Å². The van der Waals surface area contributed by atoms with Crippen molar-refractivity contribution in [2.24, 2.45) is 13.0 Å². The van der Waals surface area contributed by atoms with Crippen LogP contribution in [0.25, 0.3) is 0 Å². The van der Waals surface area contributed by atoms with Crippen LogP contribution in [0, 0.1) is 12.8 Å². The molecule has 0 radical (unpaired) electrons. The SMILES string of the molecule is CCCC(CCNC(=O)c1cc(C)nn1C)CCC(=O)O. The van der Waals surface area contributed by atoms with Crippen molar-refractivity contribution in [2.45, 2.75) is 46.0 Å². The fraction of sp³-hybridized carbons (Fsp3) is 0.667. The van der Waals surface area contributed by atoms with Crippen LogP contribution < -0.4 is 5.32 Å². The van der Waals surface area contributed by atoms with Crippen molar-refractivity contribution in [2.75, 3.05) is 6.54 Å². The Kier molecular flexibility index (Phi) is 6.91. The molecule has 0 spiro atoms. The number of nitrogens with zero attached hydrogens (tertiary/aromatic N) is 2. The van der Waals surface area contributed by atoms with Gasteiger partial charge in [0, 0.05) is 20.0 Å². The molecule has 1 aromatic rings. The molecule has 1 unspecified atom stereocenters. The Bertz CT molecular complexity index is 483. The molecule has 0 fully saturated rings. The van der Waals surface area contributed by atoms with Gasteiger partial charge in [0.15, 0.2) is 0 Å². The van der Waals surface area contributed by atoms with E-state index in [1.165, 1.54) is 0 Å². The van der Waals surface area contributed by atoms with Gasteiger partial charge >= 0.3 is 5.97 Å². The van der Waals surface area contributed by atoms with E-state index in [2.05, 4.69) is 17.3 Å². The third kappa shape index (κ3) is 5.97. The second kappa shape index (κ2) is 8.44. The lowest BCUT2D eigenvalue weighted by molar-refractivity contribution is -0.137. The average Bonchev–Trinajstić information content (AvgIpc) is 2.74. The molecule has 0 aliphatic carbocycles. The van der Waals surface area contributed by atoms with Gasteiger partial charge in [-0.25, -0.2) is 0 Å². The van der Waals surface area contributed by atoms with Crippen LogP contribution in [-0.4, -0.2) is 33.3 Å². The summed E-state index contributed by atoms with van der Waals surface area (Å²) in [5.41, 5.74) is 1.36. The van der Waals surface area contributed by atoms with Crippen molar-refractivity contribution in [3.8, 4) is 0 Å². The lowest BCUT2D eigenvalue weighted by Gasteiger charge is -2.15. The molecule has 0 bridgehead atoms. The number of amides is 1. The predicted molar refractivity (Wildman–Crippen MR) is 80.2 cm³/mol. The highest BCUT2D eigenvalue weighted by atomic mass is 16.4. The Morgan fingerprint density at radius 2 is 2.10 bits per heavy atom. The molecule has 1 amide bonds. The van der Waals surface area contributed by atoms with Gasteiger partial charge in [0.05, 0.1) is 5.69 Å². The zero-order valence-electron chi connectivity index (χ0n) is 13.1. The van der Waals surface area contributed by atoms with Crippen molar-refractivity contribution in [1.29, 1.82) is 0 Å². The van der Waals surface area contributed by atoms with Crippen molar-refractivity contribution in [1.82, 2.24) is 15.1 Å². The Labute approximate surface area is 125 Å². The number of aromatic nitrogens is 2. The summed E-state index contributed by atoms with van der Waals surface area (Å²) in [5, 5.41) is 15.8. The van der Waals surface area contributed by atoms with E-state index in [-0.39, 0.29) is 12.3 Å². The molecule has 0 aliphatic heterocycles. The van der Waals surface area contributed by atoms with Gasteiger partial charge < -0.3 is 10.4 Å². The summed E-state index contributed by atoms with van der Waals surface area (Å²) < 4.78 is 1.57. The van der Waals surface area contributed by atoms with Gasteiger partial charge in [-0.1, -0.05) is 19.8 Å². The van der Waals surface area contributed by atoms with E-state index in [9.17, 15) is 9.59 Å². The monoisotopic (exact) mass is 295 g/mol. The largest absolute Gasteiger partial charge is 0.481 e. The minimum absolute atomic E-state index is 0.133. The quantitative estimate of drug-likeness (QED) is 0.731. The van der Waals surface area contributed by atoms with Gasteiger partial charge in [0.25, 0.3) is 5.91 Å². The fourth-order valence-electron chi connectivity index (χ4n) is 2.47. The predicted octanol–water partition coefficient (Wildman–Crippen LogP) is 2.13. The minimum atomic E-state index is -0.759. The number of carboxylic acids is 1.